The number of aryl methyl sites for hydroxylation is 1. The molecule has 1 N–H and O–H groups in total. The Morgan fingerprint density at radius 2 is 2.50 bits per heavy atom. The molecule has 0 amide bonds. The predicted molar refractivity (Wildman–Crippen MR) is 36.8 cm³/mol. The second-order valence-corrected chi connectivity index (χ2v) is 2.25. The average molecular weight is 141 g/mol. The molecule has 0 unspecified atom stereocenters. The maximum Gasteiger partial charge on any atom is 0.251 e. The maximum absolute atomic E-state index is 8.75. The topological polar surface area (TPSA) is 46.3 Å². The number of aromatic hydroxyl groups is 1. The van der Waals surface area contributed by atoms with E-state index in [9.17, 15) is 0 Å². The first-order valence-corrected chi connectivity index (χ1v) is 3.47. The molecule has 0 atom stereocenters. The fourth-order valence-corrected chi connectivity index (χ4v) is 0.771. The largest absolute Gasteiger partial charge is 0.491 e. The van der Waals surface area contributed by atoms with Gasteiger partial charge in [0.05, 0.1) is 0 Å². The zero-order valence-corrected chi connectivity index (χ0v) is 6.00. The van der Waals surface area contributed by atoms with Crippen LogP contribution in [-0.4, -0.2) is 10.3 Å². The van der Waals surface area contributed by atoms with Gasteiger partial charge in [0.25, 0.3) is 5.88 Å². The lowest BCUT2D eigenvalue weighted by atomic mass is 10.2. The molecule has 0 bridgehead atoms. The molecule has 1 heterocycles. The molecule has 1 aromatic rings. The van der Waals surface area contributed by atoms with E-state index in [2.05, 4.69) is 12.1 Å². The first kappa shape index (κ1) is 7.12. The monoisotopic (exact) mass is 141 g/mol. The van der Waals surface area contributed by atoms with E-state index in [-0.39, 0.29) is 5.88 Å². The van der Waals surface area contributed by atoms with Crippen molar-refractivity contribution in [2.75, 3.05) is 0 Å². The molecule has 0 fully saturated rings. The molecule has 3 nitrogen and oxygen atoms in total. The van der Waals surface area contributed by atoms with Gasteiger partial charge in [0.15, 0.2) is 0 Å². The van der Waals surface area contributed by atoms with Gasteiger partial charge in [-0.15, -0.1) is 0 Å². The summed E-state index contributed by atoms with van der Waals surface area (Å²) in [4.78, 5) is 0. The van der Waals surface area contributed by atoms with Crippen molar-refractivity contribution in [2.24, 2.45) is 0 Å². The molecule has 0 radical (unpaired) electrons. The number of nitrogens with zero attached hydrogens (tertiary/aromatic N) is 1. The van der Waals surface area contributed by atoms with E-state index in [1.54, 1.807) is 6.07 Å². The van der Waals surface area contributed by atoms with Gasteiger partial charge in [0.1, 0.15) is 5.76 Å². The van der Waals surface area contributed by atoms with Gasteiger partial charge in [0, 0.05) is 12.5 Å². The van der Waals surface area contributed by atoms with Crippen molar-refractivity contribution < 1.29 is 9.63 Å². The second-order valence-electron chi connectivity index (χ2n) is 2.25. The average Bonchev–Trinajstić information content (AvgIpc) is 2.31. The van der Waals surface area contributed by atoms with Crippen molar-refractivity contribution >= 4 is 0 Å². The summed E-state index contributed by atoms with van der Waals surface area (Å²) in [7, 11) is 0. The van der Waals surface area contributed by atoms with Crippen LogP contribution in [0.1, 0.15) is 25.5 Å². The molecule has 56 valence electrons. The molecule has 3 heteroatoms. The summed E-state index contributed by atoms with van der Waals surface area (Å²) < 4.78 is 4.77. The Morgan fingerprint density at radius 3 is 3.00 bits per heavy atom. The molecule has 0 aliphatic heterocycles. The number of hydrogen-bond acceptors (Lipinski definition) is 3. The van der Waals surface area contributed by atoms with Gasteiger partial charge in [0.2, 0.25) is 0 Å². The Bertz CT molecular complexity index is 195. The lowest BCUT2D eigenvalue weighted by Gasteiger charge is -1.88. The van der Waals surface area contributed by atoms with Crippen LogP contribution in [0.25, 0.3) is 0 Å². The molecular weight excluding hydrogens is 130 g/mol. The molecule has 0 aliphatic carbocycles. The molecular formula is C7H11NO2. The smallest absolute Gasteiger partial charge is 0.251 e. The van der Waals surface area contributed by atoms with Gasteiger partial charge in [-0.3, -0.25) is 0 Å². The Hall–Kier alpha value is -0.990. The SMILES string of the molecule is CCCCc1cc(O)no1. The van der Waals surface area contributed by atoms with Crippen molar-refractivity contribution in [2.45, 2.75) is 26.2 Å². The molecule has 10 heavy (non-hydrogen) atoms. The lowest BCUT2D eigenvalue weighted by molar-refractivity contribution is 0.340. The maximum atomic E-state index is 8.75. The quantitative estimate of drug-likeness (QED) is 0.697. The number of aromatic nitrogens is 1. The second kappa shape index (κ2) is 3.25. The molecule has 0 aliphatic rings. The van der Waals surface area contributed by atoms with E-state index >= 15 is 0 Å². The highest BCUT2D eigenvalue weighted by Gasteiger charge is 1.99. The highest BCUT2D eigenvalue weighted by Crippen LogP contribution is 2.10. The van der Waals surface area contributed by atoms with Crippen LogP contribution in [0.15, 0.2) is 10.6 Å². The van der Waals surface area contributed by atoms with Crippen molar-refractivity contribution in [3.63, 3.8) is 0 Å². The van der Waals surface area contributed by atoms with Crippen LogP contribution >= 0.6 is 0 Å². The van der Waals surface area contributed by atoms with E-state index in [1.165, 1.54) is 0 Å². The number of unbranched alkanes of at least 4 members (excludes halogenated alkanes) is 1. The lowest BCUT2D eigenvalue weighted by Crippen LogP contribution is -1.78. The standard InChI is InChI=1S/C7H11NO2/c1-2-3-4-6-5-7(9)8-10-6/h5H,2-4H2,1H3,(H,8,9). The summed E-state index contributed by atoms with van der Waals surface area (Å²) in [6, 6.07) is 1.55. The minimum absolute atomic E-state index is 0.0221. The zero-order valence-electron chi connectivity index (χ0n) is 6.00. The van der Waals surface area contributed by atoms with Gasteiger partial charge in [-0.25, -0.2) is 0 Å². The molecule has 0 saturated carbocycles. The summed E-state index contributed by atoms with van der Waals surface area (Å²) in [6.07, 6.45) is 3.07. The van der Waals surface area contributed by atoms with Gasteiger partial charge < -0.3 is 9.63 Å². The van der Waals surface area contributed by atoms with Crippen LogP contribution < -0.4 is 0 Å². The summed E-state index contributed by atoms with van der Waals surface area (Å²) in [5, 5.41) is 12.1. The van der Waals surface area contributed by atoms with Crippen LogP contribution in [0.4, 0.5) is 0 Å². The third-order valence-electron chi connectivity index (χ3n) is 1.32. The van der Waals surface area contributed by atoms with Crippen molar-refractivity contribution in [3.8, 4) is 5.88 Å². The summed E-state index contributed by atoms with van der Waals surface area (Å²) in [6.45, 7) is 2.11. The van der Waals surface area contributed by atoms with Crippen molar-refractivity contribution in [1.29, 1.82) is 0 Å². The predicted octanol–water partition coefficient (Wildman–Crippen LogP) is 1.72. The van der Waals surface area contributed by atoms with Crippen LogP contribution in [0, 0.1) is 0 Å². The number of hydrogen-bond donors (Lipinski definition) is 1. The molecule has 0 saturated heterocycles. The van der Waals surface area contributed by atoms with E-state index in [4.69, 9.17) is 9.63 Å². The Kier molecular flexibility index (Phi) is 2.31. The first-order chi connectivity index (χ1) is 4.83. The normalized spacial score (nSPS) is 10.1. The van der Waals surface area contributed by atoms with Crippen LogP contribution in [0.3, 0.4) is 0 Å². The zero-order chi connectivity index (χ0) is 7.40. The van der Waals surface area contributed by atoms with Crippen molar-refractivity contribution in [3.05, 3.63) is 11.8 Å². The third kappa shape index (κ3) is 1.76. The molecule has 0 spiro atoms. The molecule has 1 rings (SSSR count). The van der Waals surface area contributed by atoms with E-state index in [1.807, 2.05) is 0 Å². The summed E-state index contributed by atoms with van der Waals surface area (Å²) in [5.41, 5.74) is 0. The van der Waals surface area contributed by atoms with E-state index in [0.29, 0.717) is 0 Å². The van der Waals surface area contributed by atoms with Gasteiger partial charge in [-0.05, 0) is 11.6 Å². The van der Waals surface area contributed by atoms with E-state index < -0.39 is 0 Å². The van der Waals surface area contributed by atoms with E-state index in [0.717, 1.165) is 25.0 Å². The summed E-state index contributed by atoms with van der Waals surface area (Å²) >= 11 is 0. The Balaban J connectivity index is 2.42. The fourth-order valence-electron chi connectivity index (χ4n) is 0.771. The first-order valence-electron chi connectivity index (χ1n) is 3.47. The molecule has 0 aromatic carbocycles. The Morgan fingerprint density at radius 1 is 1.70 bits per heavy atom. The van der Waals surface area contributed by atoms with Gasteiger partial charge >= 0.3 is 0 Å². The molecule has 1 aromatic heterocycles. The highest BCUT2D eigenvalue weighted by atomic mass is 16.5. The fraction of sp³-hybridized carbons (Fsp3) is 0.571. The van der Waals surface area contributed by atoms with Crippen LogP contribution in [0.2, 0.25) is 0 Å². The summed E-state index contributed by atoms with van der Waals surface area (Å²) in [5.74, 6) is 0.741. The van der Waals surface area contributed by atoms with Gasteiger partial charge in [-0.2, -0.15) is 0 Å². The number of rotatable bonds is 3. The Labute approximate surface area is 59.7 Å². The van der Waals surface area contributed by atoms with Crippen LogP contribution in [0.5, 0.6) is 5.88 Å². The third-order valence-corrected chi connectivity index (χ3v) is 1.32. The minimum atomic E-state index is -0.0221. The highest BCUT2D eigenvalue weighted by molar-refractivity contribution is 5.08. The van der Waals surface area contributed by atoms with Crippen molar-refractivity contribution in [1.82, 2.24) is 5.16 Å². The van der Waals surface area contributed by atoms with Crippen LogP contribution in [-0.2, 0) is 6.42 Å². The minimum Gasteiger partial charge on any atom is -0.491 e. The van der Waals surface area contributed by atoms with Gasteiger partial charge in [-0.1, -0.05) is 13.3 Å².